The second-order valence-electron chi connectivity index (χ2n) is 5.32. The van der Waals surface area contributed by atoms with Crippen LogP contribution in [0, 0.1) is 17.8 Å². The van der Waals surface area contributed by atoms with Crippen LogP contribution in [0.1, 0.15) is 25.0 Å². The second kappa shape index (κ2) is 9.55. The van der Waals surface area contributed by atoms with Gasteiger partial charge in [0.1, 0.15) is 0 Å². The van der Waals surface area contributed by atoms with Crippen LogP contribution in [0.2, 0.25) is 0 Å². The Labute approximate surface area is 123 Å². The summed E-state index contributed by atoms with van der Waals surface area (Å²) in [6, 6.07) is 8.39. The molecule has 0 aliphatic rings. The molecule has 1 rings (SSSR count). The van der Waals surface area contributed by atoms with Gasteiger partial charge in [-0.05, 0) is 23.6 Å². The summed E-state index contributed by atoms with van der Waals surface area (Å²) in [5, 5.41) is 0. The molecule has 0 saturated heterocycles. The Bertz CT molecular complexity index is 429. The van der Waals surface area contributed by atoms with Crippen LogP contribution in [0.3, 0.4) is 0 Å². The molecule has 0 amide bonds. The second-order valence-corrected chi connectivity index (χ2v) is 5.32. The van der Waals surface area contributed by atoms with Crippen molar-refractivity contribution < 1.29 is 4.74 Å². The third-order valence-electron chi connectivity index (χ3n) is 2.93. The smallest absolute Gasteiger partial charge is 0.0589 e. The van der Waals surface area contributed by atoms with E-state index in [1.807, 2.05) is 0 Å². The van der Waals surface area contributed by atoms with Crippen LogP contribution in [0.4, 0.5) is 0 Å². The maximum atomic E-state index is 5.37. The van der Waals surface area contributed by atoms with Gasteiger partial charge in [-0.2, -0.15) is 0 Å². The molecule has 0 radical (unpaired) electrons. The zero-order valence-electron chi connectivity index (χ0n) is 12.9. The monoisotopic (exact) mass is 274 g/mol. The number of nitrogens with two attached hydrogens (primary N) is 1. The molecule has 0 unspecified atom stereocenters. The molecule has 2 N–H and O–H groups in total. The van der Waals surface area contributed by atoms with E-state index in [1.54, 1.807) is 7.11 Å². The molecule has 0 fully saturated rings. The average molecular weight is 274 g/mol. The Hall–Kier alpha value is -1.34. The molecule has 0 atom stereocenters. The third kappa shape index (κ3) is 6.72. The van der Waals surface area contributed by atoms with E-state index in [0.717, 1.165) is 31.8 Å². The zero-order valence-corrected chi connectivity index (χ0v) is 12.9. The number of benzene rings is 1. The number of hydrogen-bond acceptors (Lipinski definition) is 3. The summed E-state index contributed by atoms with van der Waals surface area (Å²) in [4.78, 5) is 2.43. The van der Waals surface area contributed by atoms with Gasteiger partial charge in [-0.25, -0.2) is 0 Å². The highest BCUT2D eigenvalue weighted by Crippen LogP contribution is 2.09. The van der Waals surface area contributed by atoms with Gasteiger partial charge < -0.3 is 10.5 Å². The van der Waals surface area contributed by atoms with Gasteiger partial charge in [-0.3, -0.25) is 4.90 Å². The van der Waals surface area contributed by atoms with E-state index in [1.165, 1.54) is 5.56 Å². The van der Waals surface area contributed by atoms with E-state index in [0.29, 0.717) is 12.5 Å². The van der Waals surface area contributed by atoms with Gasteiger partial charge in [0.15, 0.2) is 0 Å². The van der Waals surface area contributed by atoms with Crippen LogP contribution in [-0.4, -0.2) is 38.3 Å². The summed E-state index contributed by atoms with van der Waals surface area (Å²) >= 11 is 0. The number of ether oxygens (including phenoxy) is 1. The number of methoxy groups -OCH3 is 1. The molecule has 0 bridgehead atoms. The molecule has 0 saturated carbocycles. The molecule has 0 heterocycles. The highest BCUT2D eigenvalue weighted by atomic mass is 16.5. The number of nitrogens with zero attached hydrogens (tertiary/aromatic N) is 1. The predicted molar refractivity (Wildman–Crippen MR) is 84.4 cm³/mol. The standard InChI is InChI=1S/C17H26N2O/c1-15(2)13-19(11-12-20-3)14-17-8-6-16(7-9-17)5-4-10-18/h6-9,15H,10-14,18H2,1-3H3. The first kappa shape index (κ1) is 16.7. The lowest BCUT2D eigenvalue weighted by Crippen LogP contribution is -2.30. The van der Waals surface area contributed by atoms with Gasteiger partial charge >= 0.3 is 0 Å². The van der Waals surface area contributed by atoms with E-state index in [9.17, 15) is 0 Å². The molecule has 0 aliphatic carbocycles. The number of hydrogen-bond donors (Lipinski definition) is 1. The summed E-state index contributed by atoms with van der Waals surface area (Å²) in [5.41, 5.74) is 7.70. The fourth-order valence-electron chi connectivity index (χ4n) is 2.08. The van der Waals surface area contributed by atoms with Gasteiger partial charge in [-0.1, -0.05) is 37.8 Å². The largest absolute Gasteiger partial charge is 0.383 e. The predicted octanol–water partition coefficient (Wildman–Crippen LogP) is 2.10. The molecular weight excluding hydrogens is 248 g/mol. The first-order valence-electron chi connectivity index (χ1n) is 7.15. The highest BCUT2D eigenvalue weighted by molar-refractivity contribution is 5.36. The molecular formula is C17H26N2O. The van der Waals surface area contributed by atoms with Gasteiger partial charge in [0.05, 0.1) is 13.2 Å². The van der Waals surface area contributed by atoms with Crippen molar-refractivity contribution >= 4 is 0 Å². The molecule has 3 heteroatoms. The topological polar surface area (TPSA) is 38.5 Å². The minimum Gasteiger partial charge on any atom is -0.383 e. The normalized spacial score (nSPS) is 10.7. The van der Waals surface area contributed by atoms with Crippen molar-refractivity contribution in [3.05, 3.63) is 35.4 Å². The molecule has 0 aromatic heterocycles. The highest BCUT2D eigenvalue weighted by Gasteiger charge is 2.08. The van der Waals surface area contributed by atoms with Crippen molar-refractivity contribution in [3.63, 3.8) is 0 Å². The Morgan fingerprint density at radius 2 is 1.95 bits per heavy atom. The van der Waals surface area contributed by atoms with Gasteiger partial charge in [0.25, 0.3) is 0 Å². The third-order valence-corrected chi connectivity index (χ3v) is 2.93. The Balaban J connectivity index is 2.62. The molecule has 1 aromatic rings. The van der Waals surface area contributed by atoms with Crippen molar-refractivity contribution in [1.29, 1.82) is 0 Å². The first-order chi connectivity index (χ1) is 9.65. The number of rotatable bonds is 7. The zero-order chi connectivity index (χ0) is 14.8. The van der Waals surface area contributed by atoms with E-state index in [4.69, 9.17) is 10.5 Å². The molecule has 3 nitrogen and oxygen atoms in total. The Kier molecular flexibility index (Phi) is 7.98. The average Bonchev–Trinajstić information content (AvgIpc) is 2.43. The van der Waals surface area contributed by atoms with E-state index in [2.05, 4.69) is 54.9 Å². The van der Waals surface area contributed by atoms with Crippen molar-refractivity contribution in [1.82, 2.24) is 4.90 Å². The summed E-state index contributed by atoms with van der Waals surface area (Å²) in [7, 11) is 1.75. The summed E-state index contributed by atoms with van der Waals surface area (Å²) in [6.45, 7) is 8.65. The Morgan fingerprint density at radius 1 is 1.25 bits per heavy atom. The minimum absolute atomic E-state index is 0.404. The summed E-state index contributed by atoms with van der Waals surface area (Å²) < 4.78 is 5.18. The lowest BCUT2D eigenvalue weighted by atomic mass is 10.1. The van der Waals surface area contributed by atoms with Crippen molar-refractivity contribution in [2.45, 2.75) is 20.4 Å². The van der Waals surface area contributed by atoms with Crippen LogP contribution in [0.5, 0.6) is 0 Å². The van der Waals surface area contributed by atoms with Crippen LogP contribution in [0.25, 0.3) is 0 Å². The molecule has 1 aromatic carbocycles. The first-order valence-corrected chi connectivity index (χ1v) is 7.15. The van der Waals surface area contributed by atoms with Crippen molar-refractivity contribution in [2.24, 2.45) is 11.7 Å². The SMILES string of the molecule is COCCN(Cc1ccc(C#CCN)cc1)CC(C)C. The van der Waals surface area contributed by atoms with Gasteiger partial charge in [-0.15, -0.1) is 0 Å². The fourth-order valence-corrected chi connectivity index (χ4v) is 2.08. The quantitative estimate of drug-likeness (QED) is 0.774. The van der Waals surface area contributed by atoms with E-state index in [-0.39, 0.29) is 0 Å². The fraction of sp³-hybridized carbons (Fsp3) is 0.529. The summed E-state index contributed by atoms with van der Waals surface area (Å²) in [6.07, 6.45) is 0. The minimum atomic E-state index is 0.404. The van der Waals surface area contributed by atoms with Crippen LogP contribution in [-0.2, 0) is 11.3 Å². The van der Waals surface area contributed by atoms with Crippen LogP contribution >= 0.6 is 0 Å². The molecule has 20 heavy (non-hydrogen) atoms. The lowest BCUT2D eigenvalue weighted by Gasteiger charge is -2.24. The molecule has 0 aliphatic heterocycles. The molecule has 110 valence electrons. The maximum absolute atomic E-state index is 5.37. The molecule has 0 spiro atoms. The van der Waals surface area contributed by atoms with Crippen molar-refractivity contribution in [3.8, 4) is 11.8 Å². The van der Waals surface area contributed by atoms with Crippen LogP contribution in [0.15, 0.2) is 24.3 Å². The van der Waals surface area contributed by atoms with E-state index >= 15 is 0 Å². The van der Waals surface area contributed by atoms with Crippen molar-refractivity contribution in [2.75, 3.05) is 33.4 Å². The van der Waals surface area contributed by atoms with Gasteiger partial charge in [0, 0.05) is 32.3 Å². The maximum Gasteiger partial charge on any atom is 0.0589 e. The van der Waals surface area contributed by atoms with Gasteiger partial charge in [0.2, 0.25) is 0 Å². The Morgan fingerprint density at radius 3 is 2.50 bits per heavy atom. The van der Waals surface area contributed by atoms with E-state index < -0.39 is 0 Å². The summed E-state index contributed by atoms with van der Waals surface area (Å²) in [5.74, 6) is 6.57. The van der Waals surface area contributed by atoms with Crippen LogP contribution < -0.4 is 5.73 Å². The lowest BCUT2D eigenvalue weighted by molar-refractivity contribution is 0.136.